The highest BCUT2D eigenvalue weighted by atomic mass is 35.5. The van der Waals surface area contributed by atoms with Crippen molar-refractivity contribution >= 4 is 40.6 Å². The monoisotopic (exact) mass is 379 g/mol. The fourth-order valence-electron chi connectivity index (χ4n) is 2.26. The molecule has 0 aliphatic carbocycles. The first-order valence-corrected chi connectivity index (χ1v) is 8.26. The van der Waals surface area contributed by atoms with Gasteiger partial charge in [-0.1, -0.05) is 23.7 Å². The minimum absolute atomic E-state index is 0.0648. The van der Waals surface area contributed by atoms with Gasteiger partial charge in [0, 0.05) is 10.6 Å². The van der Waals surface area contributed by atoms with E-state index in [-0.39, 0.29) is 33.5 Å². The summed E-state index contributed by atoms with van der Waals surface area (Å²) in [4.78, 5) is 25.6. The average molecular weight is 380 g/mol. The molecule has 25 heavy (non-hydrogen) atoms. The van der Waals surface area contributed by atoms with Gasteiger partial charge < -0.3 is 10.2 Å². The van der Waals surface area contributed by atoms with Gasteiger partial charge in [-0.25, -0.2) is 4.39 Å². The molecule has 1 saturated heterocycles. The van der Waals surface area contributed by atoms with Crippen molar-refractivity contribution in [3.63, 3.8) is 0 Å². The molecule has 0 spiro atoms. The van der Waals surface area contributed by atoms with E-state index in [4.69, 9.17) is 11.6 Å². The number of carbonyl (C=O) groups excluding carboxylic acids is 2. The van der Waals surface area contributed by atoms with Gasteiger partial charge >= 0.3 is 0 Å². The number of amides is 2. The number of thioether (sulfide) groups is 1. The standard InChI is InChI=1S/C17H11ClFNO4S/c18-11-2-1-3-12(19)10(11)8-20-16(23)15(25-17(20)24)7-9-4-5-13(21)14(22)6-9/h1-7,21-22H,8H2/b15-7-. The highest BCUT2D eigenvalue weighted by Crippen LogP contribution is 2.35. The molecule has 2 aromatic rings. The summed E-state index contributed by atoms with van der Waals surface area (Å²) < 4.78 is 13.9. The topological polar surface area (TPSA) is 77.8 Å². The van der Waals surface area contributed by atoms with Gasteiger partial charge in [0.05, 0.1) is 11.4 Å². The Labute approximate surface area is 151 Å². The van der Waals surface area contributed by atoms with E-state index in [1.807, 2.05) is 0 Å². The zero-order valence-electron chi connectivity index (χ0n) is 12.6. The Morgan fingerprint density at radius 1 is 1.16 bits per heavy atom. The summed E-state index contributed by atoms with van der Waals surface area (Å²) in [6, 6.07) is 8.13. The SMILES string of the molecule is O=C1S/C(=C\c2ccc(O)c(O)c2)C(=O)N1Cc1c(F)cccc1Cl. The lowest BCUT2D eigenvalue weighted by Gasteiger charge is -2.14. The van der Waals surface area contributed by atoms with Crippen LogP contribution in [0.4, 0.5) is 9.18 Å². The Kier molecular flexibility index (Phi) is 4.69. The molecular formula is C17H11ClFNO4S. The highest BCUT2D eigenvalue weighted by Gasteiger charge is 2.35. The van der Waals surface area contributed by atoms with Gasteiger partial charge in [0.25, 0.3) is 11.1 Å². The van der Waals surface area contributed by atoms with E-state index < -0.39 is 17.0 Å². The molecule has 1 heterocycles. The van der Waals surface area contributed by atoms with Gasteiger partial charge in [0.1, 0.15) is 5.82 Å². The second-order valence-corrected chi connectivity index (χ2v) is 6.62. The van der Waals surface area contributed by atoms with Crippen LogP contribution < -0.4 is 0 Å². The molecule has 5 nitrogen and oxygen atoms in total. The van der Waals surface area contributed by atoms with Crippen LogP contribution in [0, 0.1) is 5.82 Å². The molecule has 8 heteroatoms. The largest absolute Gasteiger partial charge is 0.504 e. The van der Waals surface area contributed by atoms with E-state index in [1.165, 1.54) is 42.5 Å². The van der Waals surface area contributed by atoms with Crippen LogP contribution in [0.15, 0.2) is 41.3 Å². The van der Waals surface area contributed by atoms with Crippen LogP contribution in [-0.4, -0.2) is 26.3 Å². The number of hydrogen-bond donors (Lipinski definition) is 2. The highest BCUT2D eigenvalue weighted by molar-refractivity contribution is 8.18. The van der Waals surface area contributed by atoms with E-state index in [1.54, 1.807) is 0 Å². The number of nitrogens with zero attached hydrogens (tertiary/aromatic N) is 1. The summed E-state index contributed by atoms with van der Waals surface area (Å²) in [6.07, 6.45) is 1.41. The molecule has 0 atom stereocenters. The van der Waals surface area contributed by atoms with Crippen molar-refractivity contribution in [1.29, 1.82) is 0 Å². The zero-order valence-corrected chi connectivity index (χ0v) is 14.1. The zero-order chi connectivity index (χ0) is 18.1. The Morgan fingerprint density at radius 2 is 1.92 bits per heavy atom. The first-order valence-electron chi connectivity index (χ1n) is 7.07. The van der Waals surface area contributed by atoms with Gasteiger partial charge in [-0.05, 0) is 47.7 Å². The van der Waals surface area contributed by atoms with Crippen molar-refractivity contribution in [3.8, 4) is 11.5 Å². The Morgan fingerprint density at radius 3 is 2.60 bits per heavy atom. The fourth-order valence-corrected chi connectivity index (χ4v) is 3.32. The average Bonchev–Trinajstić information content (AvgIpc) is 2.81. The van der Waals surface area contributed by atoms with Crippen molar-refractivity contribution in [2.75, 3.05) is 0 Å². The van der Waals surface area contributed by atoms with Gasteiger partial charge in [0.2, 0.25) is 0 Å². The maximum Gasteiger partial charge on any atom is 0.293 e. The number of benzene rings is 2. The normalized spacial score (nSPS) is 16.1. The summed E-state index contributed by atoms with van der Waals surface area (Å²) in [5.74, 6) is -1.81. The van der Waals surface area contributed by atoms with Crippen LogP contribution >= 0.6 is 23.4 Å². The third-order valence-corrected chi connectivity index (χ3v) is 4.81. The van der Waals surface area contributed by atoms with Crippen LogP contribution in [-0.2, 0) is 11.3 Å². The molecule has 0 aromatic heterocycles. The summed E-state index contributed by atoms with van der Waals surface area (Å²) in [5, 5.41) is 18.4. The van der Waals surface area contributed by atoms with Gasteiger partial charge in [0.15, 0.2) is 11.5 Å². The number of halogens is 2. The Bertz CT molecular complexity index is 895. The van der Waals surface area contributed by atoms with Crippen LogP contribution in [0.3, 0.4) is 0 Å². The number of hydrogen-bond acceptors (Lipinski definition) is 5. The quantitative estimate of drug-likeness (QED) is 0.619. The van der Waals surface area contributed by atoms with E-state index in [2.05, 4.69) is 0 Å². The van der Waals surface area contributed by atoms with Crippen LogP contribution in [0.5, 0.6) is 11.5 Å². The van der Waals surface area contributed by atoms with Crippen molar-refractivity contribution in [1.82, 2.24) is 4.90 Å². The number of aromatic hydroxyl groups is 2. The van der Waals surface area contributed by atoms with Crippen molar-refractivity contribution in [3.05, 3.63) is 63.3 Å². The molecule has 0 saturated carbocycles. The molecule has 1 aliphatic rings. The van der Waals surface area contributed by atoms with Gasteiger partial charge in [-0.3, -0.25) is 14.5 Å². The third kappa shape index (κ3) is 3.47. The smallest absolute Gasteiger partial charge is 0.293 e. The lowest BCUT2D eigenvalue weighted by molar-refractivity contribution is -0.123. The minimum atomic E-state index is -0.598. The summed E-state index contributed by atoms with van der Waals surface area (Å²) in [5.41, 5.74) is 0.500. The van der Waals surface area contributed by atoms with Crippen molar-refractivity contribution < 1.29 is 24.2 Å². The molecular weight excluding hydrogens is 369 g/mol. The number of carbonyl (C=O) groups is 2. The lowest BCUT2D eigenvalue weighted by Crippen LogP contribution is -2.28. The predicted molar refractivity (Wildman–Crippen MR) is 92.7 cm³/mol. The van der Waals surface area contributed by atoms with Crippen LogP contribution in [0.25, 0.3) is 6.08 Å². The van der Waals surface area contributed by atoms with Crippen molar-refractivity contribution in [2.45, 2.75) is 6.54 Å². The molecule has 2 N–H and O–H groups in total. The lowest BCUT2D eigenvalue weighted by atomic mass is 10.1. The molecule has 128 valence electrons. The van der Waals surface area contributed by atoms with E-state index in [0.717, 1.165) is 4.90 Å². The van der Waals surface area contributed by atoms with E-state index >= 15 is 0 Å². The number of imide groups is 1. The van der Waals surface area contributed by atoms with E-state index in [9.17, 15) is 24.2 Å². The molecule has 0 bridgehead atoms. The van der Waals surface area contributed by atoms with Gasteiger partial charge in [-0.2, -0.15) is 0 Å². The molecule has 0 radical (unpaired) electrons. The number of phenolic OH excluding ortho intramolecular Hbond substituents is 2. The second-order valence-electron chi connectivity index (χ2n) is 5.22. The summed E-state index contributed by atoms with van der Waals surface area (Å²) in [6.45, 7) is -0.270. The number of phenols is 2. The summed E-state index contributed by atoms with van der Waals surface area (Å²) >= 11 is 6.65. The van der Waals surface area contributed by atoms with E-state index in [0.29, 0.717) is 17.3 Å². The molecule has 1 fully saturated rings. The molecule has 2 amide bonds. The maximum absolute atomic E-state index is 13.9. The Hall–Kier alpha value is -2.51. The maximum atomic E-state index is 13.9. The van der Waals surface area contributed by atoms with Gasteiger partial charge in [-0.15, -0.1) is 0 Å². The predicted octanol–water partition coefficient (Wildman–Crippen LogP) is 4.13. The van der Waals surface area contributed by atoms with Crippen LogP contribution in [0.2, 0.25) is 5.02 Å². The molecule has 3 rings (SSSR count). The summed E-state index contributed by atoms with van der Waals surface area (Å²) in [7, 11) is 0. The van der Waals surface area contributed by atoms with Crippen LogP contribution in [0.1, 0.15) is 11.1 Å². The van der Waals surface area contributed by atoms with Crippen molar-refractivity contribution in [2.24, 2.45) is 0 Å². The first kappa shape index (κ1) is 17.3. The minimum Gasteiger partial charge on any atom is -0.504 e. The Balaban J connectivity index is 1.87. The molecule has 2 aromatic carbocycles. The second kappa shape index (κ2) is 6.78. The third-order valence-electron chi connectivity index (χ3n) is 3.55. The molecule has 1 aliphatic heterocycles. The fraction of sp³-hybridized carbons (Fsp3) is 0.0588. The first-order chi connectivity index (χ1) is 11.9. The number of rotatable bonds is 3. The molecule has 0 unspecified atom stereocenters.